The largest absolute Gasteiger partial charge is 0.494 e. The van der Waals surface area contributed by atoms with Crippen LogP contribution in [0.2, 0.25) is 0 Å². The van der Waals surface area contributed by atoms with E-state index in [1.165, 1.54) is 11.8 Å². The van der Waals surface area contributed by atoms with E-state index in [0.29, 0.717) is 31.2 Å². The Bertz CT molecular complexity index is 750. The average Bonchev–Trinajstić information content (AvgIpc) is 3.04. The Balaban J connectivity index is 1.58. The maximum Gasteiger partial charge on any atom is 0.309 e. The number of rotatable bonds is 5. The van der Waals surface area contributed by atoms with E-state index in [1.807, 2.05) is 44.2 Å². The maximum absolute atomic E-state index is 12.3. The first-order valence-corrected chi connectivity index (χ1v) is 10.1. The minimum absolute atomic E-state index is 0.0530. The van der Waals surface area contributed by atoms with E-state index in [0.717, 1.165) is 29.3 Å². The number of amides is 1. The van der Waals surface area contributed by atoms with Gasteiger partial charge in [-0.3, -0.25) is 9.59 Å². The van der Waals surface area contributed by atoms with Gasteiger partial charge in [0.15, 0.2) is 5.17 Å². The van der Waals surface area contributed by atoms with Crippen molar-refractivity contribution in [3.63, 3.8) is 0 Å². The zero-order valence-corrected chi connectivity index (χ0v) is 16.5. The Morgan fingerprint density at radius 2 is 1.93 bits per heavy atom. The molecular weight excluding hydrogens is 364 g/mol. The first-order valence-electron chi connectivity index (χ1n) is 9.27. The van der Waals surface area contributed by atoms with E-state index >= 15 is 0 Å². The molecule has 2 heterocycles. The highest BCUT2D eigenvalue weighted by atomic mass is 32.2. The van der Waals surface area contributed by atoms with Crippen LogP contribution in [0.1, 0.15) is 32.3 Å². The van der Waals surface area contributed by atoms with Crippen LogP contribution in [0.4, 0.5) is 0 Å². The molecule has 1 saturated heterocycles. The van der Waals surface area contributed by atoms with Gasteiger partial charge in [-0.25, -0.2) is 0 Å². The minimum Gasteiger partial charge on any atom is -0.494 e. The van der Waals surface area contributed by atoms with Crippen molar-refractivity contribution >= 4 is 34.9 Å². The second kappa shape index (κ2) is 9.08. The summed E-state index contributed by atoms with van der Waals surface area (Å²) in [5.74, 6) is 0.427. The number of aliphatic imine (C=N–C) groups is 1. The number of carbonyl (C=O) groups is 2. The molecule has 0 atom stereocenters. The fraction of sp³-hybridized carbons (Fsp3) is 0.450. The molecule has 27 heavy (non-hydrogen) atoms. The van der Waals surface area contributed by atoms with Crippen molar-refractivity contribution < 1.29 is 19.1 Å². The van der Waals surface area contributed by atoms with Crippen LogP contribution in [0.25, 0.3) is 6.08 Å². The first kappa shape index (κ1) is 19.5. The number of benzene rings is 1. The van der Waals surface area contributed by atoms with Gasteiger partial charge in [0, 0.05) is 13.1 Å². The predicted octanol–water partition coefficient (Wildman–Crippen LogP) is 3.33. The van der Waals surface area contributed by atoms with Gasteiger partial charge < -0.3 is 14.4 Å². The molecule has 0 radical (unpaired) electrons. The van der Waals surface area contributed by atoms with Gasteiger partial charge in [-0.05, 0) is 62.2 Å². The molecular formula is C20H24N2O4S. The number of esters is 1. The van der Waals surface area contributed by atoms with Crippen LogP contribution >= 0.6 is 11.8 Å². The Kier molecular flexibility index (Phi) is 6.55. The van der Waals surface area contributed by atoms with Crippen molar-refractivity contribution in [2.24, 2.45) is 10.9 Å². The standard InChI is InChI=1S/C20H24N2O4S/c1-3-25-16-7-5-14(6-8-16)13-17-18(23)21-20(27-17)22-11-9-15(10-12-22)19(24)26-4-2/h5-8,13,15H,3-4,9-12H2,1-2H3. The third kappa shape index (κ3) is 4.91. The monoisotopic (exact) mass is 388 g/mol. The number of carbonyl (C=O) groups excluding carboxylic acids is 2. The molecule has 0 spiro atoms. The highest BCUT2D eigenvalue weighted by Gasteiger charge is 2.31. The van der Waals surface area contributed by atoms with Crippen molar-refractivity contribution in [1.82, 2.24) is 4.90 Å². The van der Waals surface area contributed by atoms with Gasteiger partial charge in [0.25, 0.3) is 5.91 Å². The summed E-state index contributed by atoms with van der Waals surface area (Å²) in [4.78, 5) is 31.0. The van der Waals surface area contributed by atoms with E-state index in [4.69, 9.17) is 9.47 Å². The molecule has 2 aliphatic heterocycles. The lowest BCUT2D eigenvalue weighted by Gasteiger charge is -2.31. The molecule has 3 rings (SSSR count). The van der Waals surface area contributed by atoms with Crippen LogP contribution in [0.5, 0.6) is 5.75 Å². The Morgan fingerprint density at radius 1 is 1.22 bits per heavy atom. The van der Waals surface area contributed by atoms with Crippen molar-refractivity contribution in [3.05, 3.63) is 34.7 Å². The number of hydrogen-bond donors (Lipinski definition) is 0. The first-order chi connectivity index (χ1) is 13.1. The molecule has 0 aromatic heterocycles. The Hall–Kier alpha value is -2.28. The highest BCUT2D eigenvalue weighted by Crippen LogP contribution is 2.32. The maximum atomic E-state index is 12.3. The van der Waals surface area contributed by atoms with E-state index in [-0.39, 0.29) is 17.8 Å². The number of nitrogens with zero attached hydrogens (tertiary/aromatic N) is 2. The number of amidine groups is 1. The van der Waals surface area contributed by atoms with Crippen LogP contribution in [-0.4, -0.2) is 48.2 Å². The average molecular weight is 388 g/mol. The third-order valence-corrected chi connectivity index (χ3v) is 5.53. The molecule has 7 heteroatoms. The fourth-order valence-corrected chi connectivity index (χ4v) is 4.04. The zero-order valence-electron chi connectivity index (χ0n) is 15.6. The summed E-state index contributed by atoms with van der Waals surface area (Å²) in [5, 5.41) is 0.722. The van der Waals surface area contributed by atoms with Crippen LogP contribution in [0.15, 0.2) is 34.2 Å². The van der Waals surface area contributed by atoms with Gasteiger partial charge in [0.05, 0.1) is 24.0 Å². The summed E-state index contributed by atoms with van der Waals surface area (Å²) in [7, 11) is 0. The molecule has 0 unspecified atom stereocenters. The van der Waals surface area contributed by atoms with Gasteiger partial charge in [-0.2, -0.15) is 4.99 Å². The lowest BCUT2D eigenvalue weighted by Crippen LogP contribution is -2.39. The summed E-state index contributed by atoms with van der Waals surface area (Å²) in [5.41, 5.74) is 0.937. The van der Waals surface area contributed by atoms with Gasteiger partial charge >= 0.3 is 5.97 Å². The predicted molar refractivity (Wildman–Crippen MR) is 107 cm³/mol. The summed E-state index contributed by atoms with van der Waals surface area (Å²) in [6.45, 7) is 6.21. The van der Waals surface area contributed by atoms with E-state index < -0.39 is 0 Å². The molecule has 0 bridgehead atoms. The van der Waals surface area contributed by atoms with Gasteiger partial charge in [0.2, 0.25) is 0 Å². The molecule has 0 N–H and O–H groups in total. The highest BCUT2D eigenvalue weighted by molar-refractivity contribution is 8.18. The molecule has 1 aromatic rings. The van der Waals surface area contributed by atoms with Crippen LogP contribution in [-0.2, 0) is 14.3 Å². The van der Waals surface area contributed by atoms with Gasteiger partial charge in [-0.15, -0.1) is 0 Å². The number of piperidine rings is 1. The second-order valence-electron chi connectivity index (χ2n) is 6.33. The van der Waals surface area contributed by atoms with Crippen molar-refractivity contribution in [2.75, 3.05) is 26.3 Å². The van der Waals surface area contributed by atoms with Gasteiger partial charge in [-0.1, -0.05) is 12.1 Å². The molecule has 1 aromatic carbocycles. The second-order valence-corrected chi connectivity index (χ2v) is 7.33. The lowest BCUT2D eigenvalue weighted by atomic mass is 9.97. The summed E-state index contributed by atoms with van der Waals surface area (Å²) < 4.78 is 10.5. The van der Waals surface area contributed by atoms with Crippen LogP contribution < -0.4 is 4.74 Å². The van der Waals surface area contributed by atoms with Crippen molar-refractivity contribution in [1.29, 1.82) is 0 Å². The Morgan fingerprint density at radius 3 is 2.56 bits per heavy atom. The molecule has 1 fully saturated rings. The molecule has 2 aliphatic rings. The minimum atomic E-state index is -0.212. The topological polar surface area (TPSA) is 68.2 Å². The number of likely N-dealkylation sites (tertiary alicyclic amines) is 1. The number of thioether (sulfide) groups is 1. The third-order valence-electron chi connectivity index (χ3n) is 4.48. The molecule has 6 nitrogen and oxygen atoms in total. The zero-order chi connectivity index (χ0) is 19.2. The summed E-state index contributed by atoms with van der Waals surface area (Å²) in [6.07, 6.45) is 3.31. The van der Waals surface area contributed by atoms with Gasteiger partial charge in [0.1, 0.15) is 5.75 Å². The normalized spacial score (nSPS) is 19.3. The molecule has 1 amide bonds. The Labute approximate surface area is 163 Å². The summed E-state index contributed by atoms with van der Waals surface area (Å²) >= 11 is 1.39. The molecule has 144 valence electrons. The van der Waals surface area contributed by atoms with E-state index in [1.54, 1.807) is 0 Å². The molecule has 0 aliphatic carbocycles. The fourth-order valence-electron chi connectivity index (χ4n) is 3.08. The van der Waals surface area contributed by atoms with E-state index in [9.17, 15) is 9.59 Å². The SMILES string of the molecule is CCOC(=O)C1CCN(C2=NC(=O)C(=Cc3ccc(OCC)cc3)S2)CC1. The smallest absolute Gasteiger partial charge is 0.309 e. The summed E-state index contributed by atoms with van der Waals surface area (Å²) in [6, 6.07) is 7.63. The molecule has 0 saturated carbocycles. The van der Waals surface area contributed by atoms with Crippen molar-refractivity contribution in [2.45, 2.75) is 26.7 Å². The number of hydrogen-bond acceptors (Lipinski definition) is 6. The van der Waals surface area contributed by atoms with Crippen LogP contribution in [0.3, 0.4) is 0 Å². The number of ether oxygens (including phenoxy) is 2. The lowest BCUT2D eigenvalue weighted by molar-refractivity contribution is -0.149. The van der Waals surface area contributed by atoms with Crippen LogP contribution in [0, 0.1) is 5.92 Å². The van der Waals surface area contributed by atoms with Crippen molar-refractivity contribution in [3.8, 4) is 5.75 Å². The van der Waals surface area contributed by atoms with E-state index in [2.05, 4.69) is 9.89 Å². The quantitative estimate of drug-likeness (QED) is 0.569.